The lowest BCUT2D eigenvalue weighted by Gasteiger charge is -2.34. The lowest BCUT2D eigenvalue weighted by molar-refractivity contribution is -0.385. The van der Waals surface area contributed by atoms with Crippen molar-refractivity contribution in [3.05, 3.63) is 58.1 Å². The number of ether oxygens (including phenoxy) is 2. The SMILES string of the molecule is COc1ccc(C(=O)N2CCN(S(=O)(=O)c3cc([N+](=O)[O-])ccc3OC)CC2)cc1. The van der Waals surface area contributed by atoms with E-state index in [0.717, 1.165) is 6.07 Å². The molecule has 1 amide bonds. The van der Waals surface area contributed by atoms with E-state index in [9.17, 15) is 23.3 Å². The molecule has 11 heteroatoms. The van der Waals surface area contributed by atoms with E-state index in [0.29, 0.717) is 11.3 Å². The zero-order chi connectivity index (χ0) is 21.9. The van der Waals surface area contributed by atoms with Crippen molar-refractivity contribution in [2.24, 2.45) is 0 Å². The van der Waals surface area contributed by atoms with E-state index in [-0.39, 0.29) is 48.4 Å². The number of carbonyl (C=O) groups excluding carboxylic acids is 1. The normalized spacial score (nSPS) is 14.9. The van der Waals surface area contributed by atoms with Gasteiger partial charge in [-0.3, -0.25) is 14.9 Å². The Morgan fingerprint density at radius 3 is 2.17 bits per heavy atom. The fourth-order valence-corrected chi connectivity index (χ4v) is 4.76. The fraction of sp³-hybridized carbons (Fsp3) is 0.316. The van der Waals surface area contributed by atoms with Crippen LogP contribution in [0.2, 0.25) is 0 Å². The molecule has 0 aromatic heterocycles. The smallest absolute Gasteiger partial charge is 0.271 e. The molecule has 1 heterocycles. The Bertz CT molecular complexity index is 1050. The third-order valence-corrected chi connectivity index (χ3v) is 6.76. The highest BCUT2D eigenvalue weighted by Gasteiger charge is 2.33. The van der Waals surface area contributed by atoms with Gasteiger partial charge in [-0.2, -0.15) is 4.31 Å². The van der Waals surface area contributed by atoms with Crippen molar-refractivity contribution in [3.63, 3.8) is 0 Å². The quantitative estimate of drug-likeness (QED) is 0.501. The number of rotatable bonds is 6. The fourth-order valence-electron chi connectivity index (χ4n) is 3.17. The van der Waals surface area contributed by atoms with Crippen molar-refractivity contribution in [2.45, 2.75) is 4.90 Å². The van der Waals surface area contributed by atoms with Gasteiger partial charge in [0.1, 0.15) is 16.4 Å². The van der Waals surface area contributed by atoms with Crippen LogP contribution in [-0.4, -0.2) is 68.9 Å². The Morgan fingerprint density at radius 1 is 1.00 bits per heavy atom. The summed E-state index contributed by atoms with van der Waals surface area (Å²) in [6, 6.07) is 10.1. The van der Waals surface area contributed by atoms with Crippen LogP contribution >= 0.6 is 0 Å². The highest BCUT2D eigenvalue weighted by Crippen LogP contribution is 2.31. The topological polar surface area (TPSA) is 119 Å². The predicted octanol–water partition coefficient (Wildman–Crippen LogP) is 1.76. The number of nitrogens with zero attached hydrogens (tertiary/aromatic N) is 3. The molecular formula is C19H21N3O7S. The number of nitro benzene ring substituents is 1. The van der Waals surface area contributed by atoms with Gasteiger partial charge in [0.2, 0.25) is 10.0 Å². The maximum Gasteiger partial charge on any atom is 0.271 e. The summed E-state index contributed by atoms with van der Waals surface area (Å²) in [4.78, 5) is 24.4. The summed E-state index contributed by atoms with van der Waals surface area (Å²) in [7, 11) is -1.20. The van der Waals surface area contributed by atoms with Crippen molar-refractivity contribution in [3.8, 4) is 11.5 Å². The second-order valence-electron chi connectivity index (χ2n) is 6.52. The minimum Gasteiger partial charge on any atom is -0.497 e. The molecule has 0 atom stereocenters. The molecule has 1 fully saturated rings. The molecule has 0 spiro atoms. The van der Waals surface area contributed by atoms with Crippen LogP contribution in [0.3, 0.4) is 0 Å². The Morgan fingerprint density at radius 2 is 1.63 bits per heavy atom. The minimum absolute atomic E-state index is 0.0253. The van der Waals surface area contributed by atoms with Crippen LogP contribution in [0.4, 0.5) is 5.69 Å². The zero-order valence-corrected chi connectivity index (χ0v) is 17.3. The number of sulfonamides is 1. The van der Waals surface area contributed by atoms with Gasteiger partial charge in [-0.25, -0.2) is 8.42 Å². The van der Waals surface area contributed by atoms with E-state index in [1.807, 2.05) is 0 Å². The summed E-state index contributed by atoms with van der Waals surface area (Å²) in [6.07, 6.45) is 0. The molecule has 0 unspecified atom stereocenters. The first-order valence-electron chi connectivity index (χ1n) is 9.04. The predicted molar refractivity (Wildman–Crippen MR) is 107 cm³/mol. The molecule has 0 aliphatic carbocycles. The average molecular weight is 435 g/mol. The molecule has 0 saturated carbocycles. The standard InChI is InChI=1S/C19H21N3O7S/c1-28-16-6-3-14(4-7-16)19(23)20-9-11-21(12-10-20)30(26,27)18-13-15(22(24)25)5-8-17(18)29-2/h3-8,13H,9-12H2,1-2H3. The van der Waals surface area contributed by atoms with Gasteiger partial charge in [-0.1, -0.05) is 0 Å². The maximum atomic E-state index is 13.1. The first kappa shape index (κ1) is 21.5. The van der Waals surface area contributed by atoms with Crippen molar-refractivity contribution in [1.29, 1.82) is 0 Å². The minimum atomic E-state index is -4.03. The Kier molecular flexibility index (Phi) is 6.22. The molecule has 30 heavy (non-hydrogen) atoms. The lowest BCUT2D eigenvalue weighted by atomic mass is 10.2. The van der Waals surface area contributed by atoms with E-state index >= 15 is 0 Å². The first-order chi connectivity index (χ1) is 14.3. The molecule has 1 aliphatic rings. The molecule has 3 rings (SSSR count). The summed E-state index contributed by atoms with van der Waals surface area (Å²) < 4.78 is 37.5. The maximum absolute atomic E-state index is 13.1. The van der Waals surface area contributed by atoms with Crippen LogP contribution in [0.1, 0.15) is 10.4 Å². The van der Waals surface area contributed by atoms with Crippen LogP contribution in [-0.2, 0) is 10.0 Å². The molecule has 0 radical (unpaired) electrons. The summed E-state index contributed by atoms with van der Waals surface area (Å²) in [5.74, 6) is 0.452. The molecule has 1 aliphatic heterocycles. The van der Waals surface area contributed by atoms with Gasteiger partial charge in [0.05, 0.1) is 19.1 Å². The number of hydrogen-bond donors (Lipinski definition) is 0. The third-order valence-electron chi connectivity index (χ3n) is 4.84. The molecule has 0 bridgehead atoms. The Labute approximate surface area is 173 Å². The number of carbonyl (C=O) groups is 1. The summed E-state index contributed by atoms with van der Waals surface area (Å²) >= 11 is 0. The van der Waals surface area contributed by atoms with E-state index in [2.05, 4.69) is 0 Å². The monoisotopic (exact) mass is 435 g/mol. The number of hydrogen-bond acceptors (Lipinski definition) is 7. The highest BCUT2D eigenvalue weighted by molar-refractivity contribution is 7.89. The van der Waals surface area contributed by atoms with Gasteiger partial charge in [0, 0.05) is 43.9 Å². The van der Waals surface area contributed by atoms with E-state index in [4.69, 9.17) is 9.47 Å². The second-order valence-corrected chi connectivity index (χ2v) is 8.42. The molecular weight excluding hydrogens is 414 g/mol. The molecule has 0 N–H and O–H groups in total. The molecule has 160 valence electrons. The van der Waals surface area contributed by atoms with Gasteiger partial charge in [0.25, 0.3) is 11.6 Å². The molecule has 2 aromatic carbocycles. The van der Waals surface area contributed by atoms with Crippen molar-refractivity contribution >= 4 is 21.6 Å². The second kappa shape index (κ2) is 8.67. The van der Waals surface area contributed by atoms with E-state index in [1.54, 1.807) is 29.2 Å². The van der Waals surface area contributed by atoms with Crippen LogP contribution in [0.15, 0.2) is 47.4 Å². The number of amides is 1. The first-order valence-corrected chi connectivity index (χ1v) is 10.5. The van der Waals surface area contributed by atoms with Crippen molar-refractivity contribution < 1.29 is 27.6 Å². The summed E-state index contributed by atoms with van der Waals surface area (Å²) in [5.41, 5.74) is 0.134. The van der Waals surface area contributed by atoms with Crippen LogP contribution in [0.25, 0.3) is 0 Å². The summed E-state index contributed by atoms with van der Waals surface area (Å²) in [6.45, 7) is 0.523. The Hall–Kier alpha value is -3.18. The number of methoxy groups -OCH3 is 2. The van der Waals surface area contributed by atoms with Gasteiger partial charge < -0.3 is 14.4 Å². The van der Waals surface area contributed by atoms with Gasteiger partial charge in [0.15, 0.2) is 0 Å². The number of benzene rings is 2. The highest BCUT2D eigenvalue weighted by atomic mass is 32.2. The van der Waals surface area contributed by atoms with Gasteiger partial charge >= 0.3 is 0 Å². The summed E-state index contributed by atoms with van der Waals surface area (Å²) in [5, 5.41) is 11.1. The van der Waals surface area contributed by atoms with Crippen molar-refractivity contribution in [2.75, 3.05) is 40.4 Å². The van der Waals surface area contributed by atoms with Crippen LogP contribution < -0.4 is 9.47 Å². The molecule has 2 aromatic rings. The Balaban J connectivity index is 1.76. The molecule has 10 nitrogen and oxygen atoms in total. The van der Waals surface area contributed by atoms with E-state index < -0.39 is 14.9 Å². The van der Waals surface area contributed by atoms with Crippen LogP contribution in [0, 0.1) is 10.1 Å². The lowest BCUT2D eigenvalue weighted by Crippen LogP contribution is -2.50. The van der Waals surface area contributed by atoms with E-state index in [1.165, 1.54) is 30.7 Å². The number of piperazine rings is 1. The van der Waals surface area contributed by atoms with Gasteiger partial charge in [-0.05, 0) is 30.3 Å². The average Bonchev–Trinajstić information content (AvgIpc) is 2.78. The zero-order valence-electron chi connectivity index (χ0n) is 16.5. The number of nitro groups is 1. The largest absolute Gasteiger partial charge is 0.497 e. The van der Waals surface area contributed by atoms with Crippen LogP contribution in [0.5, 0.6) is 11.5 Å². The van der Waals surface area contributed by atoms with Crippen molar-refractivity contribution in [1.82, 2.24) is 9.21 Å². The third kappa shape index (κ3) is 4.21. The van der Waals surface area contributed by atoms with Gasteiger partial charge in [-0.15, -0.1) is 0 Å². The number of non-ortho nitro benzene ring substituents is 1. The molecule has 1 saturated heterocycles.